The minimum atomic E-state index is -0.819. The lowest BCUT2D eigenvalue weighted by Gasteiger charge is -2.31. The van der Waals surface area contributed by atoms with E-state index in [1.165, 1.54) is 4.90 Å². The normalized spacial score (nSPS) is 22.9. The van der Waals surface area contributed by atoms with Gasteiger partial charge in [0.2, 0.25) is 5.91 Å². The molecule has 1 aromatic heterocycles. The molecule has 1 fully saturated rings. The number of benzene rings is 1. The Morgan fingerprint density at radius 3 is 2.65 bits per heavy atom. The maximum atomic E-state index is 13.5. The first-order chi connectivity index (χ1) is 16.3. The number of nitrogens with zero attached hydrogens (tertiary/aromatic N) is 2. The van der Waals surface area contributed by atoms with Crippen LogP contribution in [0.2, 0.25) is 0 Å². The number of aliphatic hydroxyl groups excluding tert-OH is 1. The third kappa shape index (κ3) is 3.94. The van der Waals surface area contributed by atoms with Crippen LogP contribution in [0.4, 0.5) is 4.79 Å². The van der Waals surface area contributed by atoms with Gasteiger partial charge in [-0.3, -0.25) is 9.59 Å². The average molecular weight is 469 g/mol. The van der Waals surface area contributed by atoms with Crippen LogP contribution >= 0.6 is 0 Å². The minimum absolute atomic E-state index is 0.131. The van der Waals surface area contributed by atoms with Crippen LogP contribution < -0.4 is 20.9 Å². The van der Waals surface area contributed by atoms with E-state index in [9.17, 15) is 19.5 Å². The van der Waals surface area contributed by atoms with Gasteiger partial charge in [-0.25, -0.2) is 4.79 Å². The molecule has 34 heavy (non-hydrogen) atoms. The molecule has 0 aliphatic carbocycles. The zero-order chi connectivity index (χ0) is 24.6. The van der Waals surface area contributed by atoms with Gasteiger partial charge >= 0.3 is 6.03 Å². The number of carbonyl (C=O) groups excluding carboxylic acids is 2. The standard InChI is InChI=1S/C25H32N4O5/c1-5-26-23(31)22-19(13-30)18-12-28-20(21(18)29(22)25(33)27-14(2)3)10-9-17(24(28)32)15-7-6-8-16(11-15)34-4/h6-11,14,18-19,21-22,30H,5,12-13H2,1-4H3,(H,26,31)(H,27,33)/t18-,19-,21+,22-/m1/s1. The van der Waals surface area contributed by atoms with E-state index in [1.54, 1.807) is 17.7 Å². The summed E-state index contributed by atoms with van der Waals surface area (Å²) in [6, 6.07) is 9.10. The Morgan fingerprint density at radius 1 is 1.24 bits per heavy atom. The molecule has 182 valence electrons. The number of methoxy groups -OCH3 is 1. The molecule has 2 aliphatic rings. The van der Waals surface area contributed by atoms with Crippen LogP contribution in [0.1, 0.15) is 32.5 Å². The molecule has 0 radical (unpaired) electrons. The highest BCUT2D eigenvalue weighted by Crippen LogP contribution is 2.49. The van der Waals surface area contributed by atoms with Gasteiger partial charge in [0.1, 0.15) is 11.8 Å². The molecule has 4 rings (SSSR count). The number of pyridine rings is 1. The van der Waals surface area contributed by atoms with Gasteiger partial charge in [0.05, 0.1) is 13.2 Å². The number of rotatable bonds is 6. The summed E-state index contributed by atoms with van der Waals surface area (Å²) in [5.74, 6) is -0.393. The Morgan fingerprint density at radius 2 is 2.00 bits per heavy atom. The molecule has 3 heterocycles. The van der Waals surface area contributed by atoms with Crippen LogP contribution in [0.5, 0.6) is 5.75 Å². The van der Waals surface area contributed by atoms with Crippen molar-refractivity contribution in [3.63, 3.8) is 0 Å². The Labute approximate surface area is 198 Å². The number of urea groups is 1. The first kappa shape index (κ1) is 23.8. The minimum Gasteiger partial charge on any atom is -0.497 e. The number of carbonyl (C=O) groups is 2. The number of likely N-dealkylation sites (N-methyl/N-ethyl adjacent to an activating group) is 1. The number of ether oxygens (including phenoxy) is 1. The van der Waals surface area contributed by atoms with Gasteiger partial charge in [-0.1, -0.05) is 12.1 Å². The van der Waals surface area contributed by atoms with Crippen LogP contribution in [0, 0.1) is 11.8 Å². The number of nitrogens with one attached hydrogen (secondary N) is 2. The van der Waals surface area contributed by atoms with Gasteiger partial charge in [0.15, 0.2) is 0 Å². The van der Waals surface area contributed by atoms with Crippen molar-refractivity contribution >= 4 is 11.9 Å². The monoisotopic (exact) mass is 468 g/mol. The van der Waals surface area contributed by atoms with E-state index < -0.39 is 18.0 Å². The molecule has 9 nitrogen and oxygen atoms in total. The van der Waals surface area contributed by atoms with E-state index in [2.05, 4.69) is 10.6 Å². The van der Waals surface area contributed by atoms with Crippen molar-refractivity contribution in [3.05, 3.63) is 52.4 Å². The molecule has 0 bridgehead atoms. The number of hydrogen-bond donors (Lipinski definition) is 3. The third-order valence-electron chi connectivity index (χ3n) is 6.72. The second kappa shape index (κ2) is 9.50. The molecular weight excluding hydrogens is 436 g/mol. The Hall–Kier alpha value is -3.33. The van der Waals surface area contributed by atoms with E-state index >= 15 is 0 Å². The molecule has 9 heteroatoms. The van der Waals surface area contributed by atoms with Crippen LogP contribution in [0.15, 0.2) is 41.2 Å². The first-order valence-corrected chi connectivity index (χ1v) is 11.7. The lowest BCUT2D eigenvalue weighted by molar-refractivity contribution is -0.126. The number of aromatic nitrogens is 1. The molecule has 1 saturated heterocycles. The van der Waals surface area contributed by atoms with E-state index in [4.69, 9.17) is 4.74 Å². The summed E-state index contributed by atoms with van der Waals surface area (Å²) in [5, 5.41) is 16.0. The van der Waals surface area contributed by atoms with E-state index in [1.807, 2.05) is 51.1 Å². The first-order valence-electron chi connectivity index (χ1n) is 11.7. The van der Waals surface area contributed by atoms with Gasteiger partial charge < -0.3 is 29.9 Å². The highest BCUT2D eigenvalue weighted by molar-refractivity contribution is 5.88. The Kier molecular flexibility index (Phi) is 6.65. The van der Waals surface area contributed by atoms with Crippen molar-refractivity contribution in [2.24, 2.45) is 11.8 Å². The second-order valence-electron chi connectivity index (χ2n) is 9.13. The number of aliphatic hydroxyl groups is 1. The highest BCUT2D eigenvalue weighted by Gasteiger charge is 2.57. The summed E-state index contributed by atoms with van der Waals surface area (Å²) in [7, 11) is 1.58. The van der Waals surface area contributed by atoms with Gasteiger partial charge in [0.25, 0.3) is 5.56 Å². The van der Waals surface area contributed by atoms with Crippen molar-refractivity contribution in [1.29, 1.82) is 0 Å². The lowest BCUT2D eigenvalue weighted by Crippen LogP contribution is -2.54. The summed E-state index contributed by atoms with van der Waals surface area (Å²) in [6.45, 7) is 5.99. The number of fused-ring (bicyclic) bond motifs is 3. The van der Waals surface area contributed by atoms with E-state index in [0.29, 0.717) is 30.1 Å². The topological polar surface area (TPSA) is 113 Å². The van der Waals surface area contributed by atoms with Gasteiger partial charge in [-0.2, -0.15) is 0 Å². The molecule has 1 aromatic carbocycles. The largest absolute Gasteiger partial charge is 0.497 e. The Bertz CT molecular complexity index is 1140. The van der Waals surface area contributed by atoms with Crippen molar-refractivity contribution < 1.29 is 19.4 Å². The molecule has 4 atom stereocenters. The van der Waals surface area contributed by atoms with Gasteiger partial charge in [-0.15, -0.1) is 0 Å². The predicted octanol–water partition coefficient (Wildman–Crippen LogP) is 1.74. The lowest BCUT2D eigenvalue weighted by atomic mass is 9.88. The molecule has 2 aliphatic heterocycles. The van der Waals surface area contributed by atoms with Crippen LogP contribution in [0.3, 0.4) is 0 Å². The molecule has 2 aromatic rings. The van der Waals surface area contributed by atoms with Crippen LogP contribution in [-0.4, -0.2) is 58.9 Å². The van der Waals surface area contributed by atoms with Crippen molar-refractivity contribution in [1.82, 2.24) is 20.1 Å². The van der Waals surface area contributed by atoms with Crippen LogP contribution in [0.25, 0.3) is 11.1 Å². The summed E-state index contributed by atoms with van der Waals surface area (Å²) in [5.41, 5.74) is 1.77. The smallest absolute Gasteiger partial charge is 0.318 e. The molecule has 0 spiro atoms. The summed E-state index contributed by atoms with van der Waals surface area (Å²) in [4.78, 5) is 41.3. The van der Waals surface area contributed by atoms with Crippen molar-refractivity contribution in [2.45, 2.75) is 45.4 Å². The molecule has 0 saturated carbocycles. The zero-order valence-corrected chi connectivity index (χ0v) is 19.9. The zero-order valence-electron chi connectivity index (χ0n) is 19.9. The molecule has 3 N–H and O–H groups in total. The summed E-state index contributed by atoms with van der Waals surface area (Å²) < 4.78 is 6.98. The molecular formula is C25H32N4O5. The predicted molar refractivity (Wildman–Crippen MR) is 127 cm³/mol. The van der Waals surface area contributed by atoms with Crippen LogP contribution in [-0.2, 0) is 11.3 Å². The summed E-state index contributed by atoms with van der Waals surface area (Å²) >= 11 is 0. The highest BCUT2D eigenvalue weighted by atomic mass is 16.5. The van der Waals surface area contributed by atoms with Gasteiger partial charge in [0, 0.05) is 48.8 Å². The quantitative estimate of drug-likeness (QED) is 0.598. The molecule has 0 unspecified atom stereocenters. The Balaban J connectivity index is 1.80. The fourth-order valence-corrected chi connectivity index (χ4v) is 5.32. The van der Waals surface area contributed by atoms with Crippen molar-refractivity contribution in [3.8, 4) is 16.9 Å². The second-order valence-corrected chi connectivity index (χ2v) is 9.13. The van der Waals surface area contributed by atoms with Crippen molar-refractivity contribution in [2.75, 3.05) is 20.3 Å². The fraction of sp³-hybridized carbons (Fsp3) is 0.480. The third-order valence-corrected chi connectivity index (χ3v) is 6.72. The fourth-order valence-electron chi connectivity index (χ4n) is 5.32. The maximum Gasteiger partial charge on any atom is 0.318 e. The maximum absolute atomic E-state index is 13.5. The number of likely N-dealkylation sites (tertiary alicyclic amines) is 1. The number of amides is 3. The van der Waals surface area contributed by atoms with Gasteiger partial charge in [-0.05, 0) is 50.6 Å². The van der Waals surface area contributed by atoms with E-state index in [-0.39, 0.29) is 36.1 Å². The molecule has 3 amide bonds. The van der Waals surface area contributed by atoms with E-state index in [0.717, 1.165) is 5.56 Å². The summed E-state index contributed by atoms with van der Waals surface area (Å²) in [6.07, 6.45) is 0. The SMILES string of the molecule is CCNC(=O)[C@H]1[C@H](CO)[C@H]2Cn3c(ccc(-c4cccc(OC)c4)c3=O)[C@H]2N1C(=O)NC(C)C. The number of hydrogen-bond acceptors (Lipinski definition) is 5. The average Bonchev–Trinajstić information content (AvgIpc) is 3.34.